The second-order valence-electron chi connectivity index (χ2n) is 19.1. The fourth-order valence-electron chi connectivity index (χ4n) is 9.71. The van der Waals surface area contributed by atoms with Gasteiger partial charge in [-0.05, 0) is 161 Å². The van der Waals surface area contributed by atoms with Crippen LogP contribution in [-0.4, -0.2) is 85.2 Å². The van der Waals surface area contributed by atoms with Crippen molar-refractivity contribution in [3.63, 3.8) is 0 Å². The molecule has 0 bridgehead atoms. The topological polar surface area (TPSA) is 140 Å². The van der Waals surface area contributed by atoms with Gasteiger partial charge in [0, 0.05) is 85.3 Å². The second kappa shape index (κ2) is 26.0. The van der Waals surface area contributed by atoms with E-state index in [1.54, 1.807) is 22.7 Å². The number of hydrogen-bond acceptors (Lipinski definition) is 16. The van der Waals surface area contributed by atoms with E-state index in [0.717, 1.165) is 191 Å². The molecule has 0 N–H and O–H groups in total. The molecule has 0 amide bonds. The molecule has 12 nitrogen and oxygen atoms in total. The third kappa shape index (κ3) is 11.7. The van der Waals surface area contributed by atoms with Gasteiger partial charge in [-0.15, -0.1) is 22.7 Å². The van der Waals surface area contributed by atoms with Crippen LogP contribution in [0.4, 0.5) is 0 Å². The average Bonchev–Trinajstić information content (AvgIpc) is 4.51. The molecule has 12 rings (SSSR count). The highest BCUT2D eigenvalue weighted by Crippen LogP contribution is 2.50. The lowest BCUT2D eigenvalue weighted by atomic mass is 9.98. The fraction of sp³-hybridized carbons (Fsp3) is 0.226. The Morgan fingerprint density at radius 3 is 0.951 bits per heavy atom. The SMILES string of the molecule is Cc1ccc(-c2c3nsnc3c(-c3ccc(-c4c5nsnc5c(C)c5nc(-c6ccc(OCCCBr)cc6)c(-c6ccc(OCCCBr)cc6)nc45)s3)c3nc(-c4ccc(OCCCBr)cc4)c(-c4ccc(OCCCBr)cc4)nc23)s1. The normalized spacial score (nSPS) is 11.6. The largest absolute Gasteiger partial charge is 0.494 e. The molecule has 0 unspecified atom stereocenters. The van der Waals surface area contributed by atoms with Gasteiger partial charge in [-0.2, -0.15) is 17.5 Å². The lowest BCUT2D eigenvalue weighted by Gasteiger charge is -2.16. The van der Waals surface area contributed by atoms with E-state index in [-0.39, 0.29) is 0 Å². The maximum atomic E-state index is 6.12. The number of aromatic nitrogens is 8. The van der Waals surface area contributed by atoms with E-state index in [4.69, 9.17) is 56.4 Å². The Labute approximate surface area is 523 Å². The second-order valence-corrected chi connectivity index (χ2v) is 25.7. The molecule has 0 spiro atoms. The predicted molar refractivity (Wildman–Crippen MR) is 353 cm³/mol. The summed E-state index contributed by atoms with van der Waals surface area (Å²) >= 11 is 19.8. The van der Waals surface area contributed by atoms with Crippen molar-refractivity contribution >= 4 is 154 Å². The van der Waals surface area contributed by atoms with Gasteiger partial charge in [-0.3, -0.25) is 0 Å². The Morgan fingerprint density at radius 2 is 0.622 bits per heavy atom. The summed E-state index contributed by atoms with van der Waals surface area (Å²) < 4.78 is 44.5. The summed E-state index contributed by atoms with van der Waals surface area (Å²) in [7, 11) is 0. The van der Waals surface area contributed by atoms with Crippen molar-refractivity contribution < 1.29 is 18.9 Å². The summed E-state index contributed by atoms with van der Waals surface area (Å²) in [5, 5.41) is 3.47. The summed E-state index contributed by atoms with van der Waals surface area (Å²) in [5.74, 6) is 3.16. The standard InChI is InChI=1S/C62H50Br4N8O4S4/c1-35-7-24-45(79-35)48-58-59(70-56(40-14-22-44(23-15-40)78-34-6-30-66)55(69-58)39-12-20-43(21-13-39)77-33-5-29-65)50(62-61(48)73-82-74-62)47-26-25-46(80-47)49-57-51(36(2)52-60(49)72-81-71-52)67-53(37-8-16-41(17-9-37)75-31-3-27-63)54(68-57)38-10-18-42(19-11-38)76-32-4-28-64/h7-26H,3-6,27-34H2,1-2H3. The Bertz CT molecular complexity index is 4210. The molecule has 12 aromatic rings. The summed E-state index contributed by atoms with van der Waals surface area (Å²) in [4.78, 5) is 26.8. The first-order chi connectivity index (χ1) is 40.3. The van der Waals surface area contributed by atoms with Gasteiger partial charge in [0.2, 0.25) is 0 Å². The maximum Gasteiger partial charge on any atom is 0.119 e. The molecule has 0 saturated heterocycles. The number of thiophene rings is 2. The number of rotatable bonds is 23. The first-order valence-corrected chi connectivity index (χ1v) is 34.2. The Morgan fingerprint density at radius 1 is 0.329 bits per heavy atom. The van der Waals surface area contributed by atoms with Gasteiger partial charge in [0.25, 0.3) is 0 Å². The maximum absolute atomic E-state index is 6.12. The van der Waals surface area contributed by atoms with E-state index in [9.17, 15) is 0 Å². The highest BCUT2D eigenvalue weighted by molar-refractivity contribution is 9.09. The number of ether oxygens (including phenoxy) is 4. The Balaban J connectivity index is 1.06. The predicted octanol–water partition coefficient (Wildman–Crippen LogP) is 18.6. The van der Waals surface area contributed by atoms with Crippen molar-refractivity contribution in [2.24, 2.45) is 0 Å². The van der Waals surface area contributed by atoms with Crippen molar-refractivity contribution in [2.45, 2.75) is 39.5 Å². The fourth-order valence-corrected chi connectivity index (χ4v) is 13.8. The van der Waals surface area contributed by atoms with Gasteiger partial charge in [-0.1, -0.05) is 63.7 Å². The van der Waals surface area contributed by atoms with Crippen LogP contribution in [0.3, 0.4) is 0 Å². The summed E-state index contributed by atoms with van der Waals surface area (Å²) in [5.41, 5.74) is 16.0. The molecule has 0 aliphatic heterocycles. The summed E-state index contributed by atoms with van der Waals surface area (Å²) in [6.45, 7) is 6.62. The molecule has 6 heterocycles. The van der Waals surface area contributed by atoms with Crippen molar-refractivity contribution in [1.29, 1.82) is 0 Å². The van der Waals surface area contributed by atoms with Crippen LogP contribution in [0.2, 0.25) is 0 Å². The number of alkyl halides is 4. The molecule has 0 atom stereocenters. The van der Waals surface area contributed by atoms with Gasteiger partial charge in [0.15, 0.2) is 0 Å². The monoisotopic (exact) mass is 1410 g/mol. The number of hydrogen-bond donors (Lipinski definition) is 0. The Hall–Kier alpha value is -5.84. The van der Waals surface area contributed by atoms with E-state index in [1.165, 1.54) is 28.3 Å². The highest BCUT2D eigenvalue weighted by atomic mass is 79.9. The van der Waals surface area contributed by atoms with Gasteiger partial charge in [0.05, 0.1) is 78.2 Å². The zero-order chi connectivity index (χ0) is 56.1. The van der Waals surface area contributed by atoms with Crippen LogP contribution >= 0.6 is 110 Å². The van der Waals surface area contributed by atoms with E-state index >= 15 is 0 Å². The van der Waals surface area contributed by atoms with Crippen LogP contribution in [0.1, 0.15) is 36.1 Å². The molecule has 0 aliphatic rings. The number of fused-ring (bicyclic) bond motifs is 4. The van der Waals surface area contributed by atoms with Crippen LogP contribution in [0.25, 0.3) is 120 Å². The lowest BCUT2D eigenvalue weighted by molar-refractivity contribution is 0.319. The summed E-state index contributed by atoms with van der Waals surface area (Å²) in [6.07, 6.45) is 3.59. The van der Waals surface area contributed by atoms with E-state index in [0.29, 0.717) is 31.9 Å². The first-order valence-electron chi connectivity index (χ1n) is 26.6. The molecule has 20 heteroatoms. The van der Waals surface area contributed by atoms with Gasteiger partial charge in [0.1, 0.15) is 61.6 Å². The van der Waals surface area contributed by atoms with E-state index in [1.807, 2.05) is 48.5 Å². The van der Waals surface area contributed by atoms with E-state index in [2.05, 4.69) is 150 Å². The third-order valence-corrected chi connectivity index (χ3v) is 19.1. The minimum absolute atomic E-state index is 0.604. The molecule has 6 aromatic heterocycles. The molecular formula is C62H50Br4N8O4S4. The van der Waals surface area contributed by atoms with Crippen molar-refractivity contribution in [3.8, 4) is 99.3 Å². The number of nitrogens with zero attached hydrogens (tertiary/aromatic N) is 8. The van der Waals surface area contributed by atoms with E-state index < -0.39 is 0 Å². The quantitative estimate of drug-likeness (QED) is 0.0445. The molecule has 0 saturated carbocycles. The summed E-state index contributed by atoms with van der Waals surface area (Å²) in [6, 6.07) is 41.1. The average molecular weight is 1420 g/mol. The van der Waals surface area contributed by atoms with Gasteiger partial charge in [-0.25, -0.2) is 19.9 Å². The molecular weight excluding hydrogens is 1370 g/mol. The molecule has 0 radical (unpaired) electrons. The number of benzene rings is 6. The molecule has 6 aromatic carbocycles. The molecule has 414 valence electrons. The molecule has 0 fully saturated rings. The number of halogens is 4. The van der Waals surface area contributed by atoms with Crippen LogP contribution in [0.5, 0.6) is 23.0 Å². The first kappa shape index (κ1) is 56.6. The highest BCUT2D eigenvalue weighted by Gasteiger charge is 2.29. The van der Waals surface area contributed by atoms with Crippen LogP contribution < -0.4 is 18.9 Å². The molecule has 0 aliphatic carbocycles. The van der Waals surface area contributed by atoms with Crippen molar-refractivity contribution in [3.05, 3.63) is 132 Å². The van der Waals surface area contributed by atoms with Gasteiger partial charge < -0.3 is 18.9 Å². The molecule has 82 heavy (non-hydrogen) atoms. The van der Waals surface area contributed by atoms with Crippen LogP contribution in [0, 0.1) is 13.8 Å². The zero-order valence-corrected chi connectivity index (χ0v) is 54.0. The van der Waals surface area contributed by atoms with Crippen LogP contribution in [-0.2, 0) is 0 Å². The minimum atomic E-state index is 0.604. The minimum Gasteiger partial charge on any atom is -0.494 e. The zero-order valence-electron chi connectivity index (χ0n) is 44.4. The van der Waals surface area contributed by atoms with Crippen molar-refractivity contribution in [2.75, 3.05) is 47.7 Å². The van der Waals surface area contributed by atoms with Gasteiger partial charge >= 0.3 is 0 Å². The lowest BCUT2D eigenvalue weighted by Crippen LogP contribution is -2.01. The number of aryl methyl sites for hydroxylation is 2. The van der Waals surface area contributed by atoms with Crippen molar-refractivity contribution in [1.82, 2.24) is 37.4 Å². The Kier molecular flexibility index (Phi) is 17.9. The third-order valence-electron chi connectivity index (χ3n) is 13.7. The van der Waals surface area contributed by atoms with Crippen LogP contribution in [0.15, 0.2) is 121 Å². The smallest absolute Gasteiger partial charge is 0.119 e.